The molecule has 1 atom stereocenters. The number of carbonyl (C=O) groups excluding carboxylic acids is 1. The summed E-state index contributed by atoms with van der Waals surface area (Å²) in [6, 6.07) is 7.15. The first-order chi connectivity index (χ1) is 13.6. The number of aromatic nitrogens is 4. The molecule has 0 radical (unpaired) electrons. The predicted octanol–water partition coefficient (Wildman–Crippen LogP) is 2.89. The highest BCUT2D eigenvalue weighted by Crippen LogP contribution is 2.30. The largest absolute Gasteiger partial charge is 0.484 e. The molecule has 2 aromatic heterocycles. The van der Waals surface area contributed by atoms with Crippen molar-refractivity contribution in [1.29, 1.82) is 0 Å². The minimum Gasteiger partial charge on any atom is -0.484 e. The number of hydrogen-bond donors (Lipinski definition) is 0. The van der Waals surface area contributed by atoms with Gasteiger partial charge in [0, 0.05) is 19.8 Å². The normalized spacial score (nSPS) is 16.9. The Morgan fingerprint density at radius 3 is 2.86 bits per heavy atom. The molecule has 0 aliphatic carbocycles. The van der Waals surface area contributed by atoms with Gasteiger partial charge in [0.15, 0.2) is 12.4 Å². The van der Waals surface area contributed by atoms with Gasteiger partial charge in [-0.15, -0.1) is 0 Å². The first-order valence-corrected chi connectivity index (χ1v) is 9.11. The summed E-state index contributed by atoms with van der Waals surface area (Å²) in [6.45, 7) is 0.700. The molecule has 0 saturated carbocycles. The maximum Gasteiger partial charge on any atom is 0.272 e. The zero-order valence-corrected chi connectivity index (χ0v) is 15.4. The fraction of sp³-hybridized carbons (Fsp3) is 0.368. The second-order valence-electron chi connectivity index (χ2n) is 6.64. The van der Waals surface area contributed by atoms with Crippen LogP contribution < -0.4 is 4.74 Å². The van der Waals surface area contributed by atoms with E-state index in [4.69, 9.17) is 9.26 Å². The lowest BCUT2D eigenvalue weighted by atomic mass is 10.0. The first-order valence-electron chi connectivity index (χ1n) is 9.11. The van der Waals surface area contributed by atoms with Crippen LogP contribution in [-0.4, -0.2) is 37.3 Å². The standard InChI is InChI=1S/C19H20FN5O3/c1-24-16(9-10-21-24)19(26)25-11-3-2-4-15(25)18-22-17(28-23-18)12-27-14-7-5-13(20)6-8-14/h5-10,15H,2-4,11-12H2,1H3. The number of carbonyl (C=O) groups is 1. The second kappa shape index (κ2) is 7.79. The Labute approximate surface area is 160 Å². The number of hydrogen-bond acceptors (Lipinski definition) is 6. The van der Waals surface area contributed by atoms with Crippen LogP contribution in [0.5, 0.6) is 5.75 Å². The quantitative estimate of drug-likeness (QED) is 0.671. The number of halogens is 1. The van der Waals surface area contributed by atoms with Crippen molar-refractivity contribution in [2.75, 3.05) is 6.54 Å². The van der Waals surface area contributed by atoms with Crippen molar-refractivity contribution >= 4 is 5.91 Å². The molecule has 0 bridgehead atoms. The molecule has 1 amide bonds. The van der Waals surface area contributed by atoms with Crippen molar-refractivity contribution in [1.82, 2.24) is 24.8 Å². The molecule has 146 valence electrons. The van der Waals surface area contributed by atoms with Crippen molar-refractivity contribution in [3.63, 3.8) is 0 Å². The Morgan fingerprint density at radius 1 is 1.29 bits per heavy atom. The van der Waals surface area contributed by atoms with Gasteiger partial charge >= 0.3 is 0 Å². The van der Waals surface area contributed by atoms with E-state index in [2.05, 4.69) is 15.2 Å². The summed E-state index contributed by atoms with van der Waals surface area (Å²) < 4.78 is 25.3. The number of likely N-dealkylation sites (tertiary alicyclic amines) is 1. The smallest absolute Gasteiger partial charge is 0.272 e. The number of nitrogens with zero attached hydrogens (tertiary/aromatic N) is 5. The molecule has 1 aromatic carbocycles. The Hall–Kier alpha value is -3.23. The van der Waals surface area contributed by atoms with E-state index in [-0.39, 0.29) is 24.4 Å². The average Bonchev–Trinajstić information content (AvgIpc) is 3.36. The molecule has 0 spiro atoms. The van der Waals surface area contributed by atoms with Gasteiger partial charge in [-0.25, -0.2) is 4.39 Å². The van der Waals surface area contributed by atoms with Gasteiger partial charge in [0.2, 0.25) is 0 Å². The van der Waals surface area contributed by atoms with Crippen LogP contribution >= 0.6 is 0 Å². The van der Waals surface area contributed by atoms with Crippen LogP contribution in [0.25, 0.3) is 0 Å². The summed E-state index contributed by atoms with van der Waals surface area (Å²) in [7, 11) is 1.74. The van der Waals surface area contributed by atoms with Crippen LogP contribution in [0.3, 0.4) is 0 Å². The number of aryl methyl sites for hydroxylation is 1. The highest BCUT2D eigenvalue weighted by molar-refractivity contribution is 5.92. The van der Waals surface area contributed by atoms with Gasteiger partial charge in [-0.3, -0.25) is 9.48 Å². The molecular formula is C19H20FN5O3. The van der Waals surface area contributed by atoms with Gasteiger partial charge in [0.25, 0.3) is 11.8 Å². The lowest BCUT2D eigenvalue weighted by Crippen LogP contribution is -2.39. The minimum atomic E-state index is -0.331. The molecule has 9 heteroatoms. The molecule has 1 fully saturated rings. The molecule has 3 heterocycles. The van der Waals surface area contributed by atoms with E-state index in [1.165, 1.54) is 24.3 Å². The molecule has 28 heavy (non-hydrogen) atoms. The topological polar surface area (TPSA) is 86.3 Å². The summed E-state index contributed by atoms with van der Waals surface area (Å²) in [5.74, 6) is 0.846. The van der Waals surface area contributed by atoms with E-state index >= 15 is 0 Å². The van der Waals surface area contributed by atoms with Crippen LogP contribution in [0, 0.1) is 5.82 Å². The highest BCUT2D eigenvalue weighted by atomic mass is 19.1. The SMILES string of the molecule is Cn1nccc1C(=O)N1CCCCC1c1noc(COc2ccc(F)cc2)n1. The fourth-order valence-corrected chi connectivity index (χ4v) is 3.31. The number of piperidine rings is 1. The van der Waals surface area contributed by atoms with E-state index in [0.717, 1.165) is 19.3 Å². The summed E-state index contributed by atoms with van der Waals surface area (Å²) in [5.41, 5.74) is 0.523. The van der Waals surface area contributed by atoms with Gasteiger partial charge in [0.1, 0.15) is 17.3 Å². The minimum absolute atomic E-state index is 0.0705. The number of rotatable bonds is 5. The van der Waals surface area contributed by atoms with Gasteiger partial charge in [-0.2, -0.15) is 10.1 Å². The zero-order chi connectivity index (χ0) is 19.5. The van der Waals surface area contributed by atoms with Crippen LogP contribution in [0.4, 0.5) is 4.39 Å². The molecule has 1 saturated heterocycles. The van der Waals surface area contributed by atoms with Crippen molar-refractivity contribution in [2.45, 2.75) is 31.9 Å². The molecule has 3 aromatic rings. The zero-order valence-electron chi connectivity index (χ0n) is 15.4. The van der Waals surface area contributed by atoms with Gasteiger partial charge in [-0.1, -0.05) is 5.16 Å². The van der Waals surface area contributed by atoms with Crippen LogP contribution in [0.1, 0.15) is 47.5 Å². The fourth-order valence-electron chi connectivity index (χ4n) is 3.31. The lowest BCUT2D eigenvalue weighted by molar-refractivity contribution is 0.0585. The average molecular weight is 385 g/mol. The third-order valence-electron chi connectivity index (χ3n) is 4.76. The summed E-state index contributed by atoms with van der Waals surface area (Å²) >= 11 is 0. The second-order valence-corrected chi connectivity index (χ2v) is 6.64. The Morgan fingerprint density at radius 2 is 2.11 bits per heavy atom. The molecule has 4 rings (SSSR count). The molecule has 1 aliphatic heterocycles. The van der Waals surface area contributed by atoms with Crippen molar-refractivity contribution in [3.05, 3.63) is 59.8 Å². The van der Waals surface area contributed by atoms with Crippen LogP contribution in [0.15, 0.2) is 41.1 Å². The Kier molecular flexibility index (Phi) is 5.05. The van der Waals surface area contributed by atoms with Gasteiger partial charge in [-0.05, 0) is 49.6 Å². The molecular weight excluding hydrogens is 365 g/mol. The number of benzene rings is 1. The van der Waals surface area contributed by atoms with Crippen LogP contribution in [-0.2, 0) is 13.7 Å². The molecule has 0 N–H and O–H groups in total. The maximum absolute atomic E-state index is 13.0. The van der Waals surface area contributed by atoms with Crippen molar-refractivity contribution in [2.24, 2.45) is 7.05 Å². The maximum atomic E-state index is 13.0. The summed E-state index contributed by atoms with van der Waals surface area (Å²) in [4.78, 5) is 19.1. The van der Waals surface area contributed by atoms with E-state index in [1.54, 1.807) is 28.9 Å². The first kappa shape index (κ1) is 18.1. The van der Waals surface area contributed by atoms with E-state index in [1.807, 2.05) is 0 Å². The van der Waals surface area contributed by atoms with E-state index in [0.29, 0.717) is 29.7 Å². The van der Waals surface area contributed by atoms with Gasteiger partial charge < -0.3 is 14.2 Å². The van der Waals surface area contributed by atoms with Crippen molar-refractivity contribution < 1.29 is 18.4 Å². The summed E-state index contributed by atoms with van der Waals surface area (Å²) in [6.07, 6.45) is 4.28. The molecule has 1 unspecified atom stereocenters. The Balaban J connectivity index is 1.47. The monoisotopic (exact) mass is 385 g/mol. The third kappa shape index (κ3) is 3.73. The van der Waals surface area contributed by atoms with E-state index < -0.39 is 0 Å². The molecule has 1 aliphatic rings. The highest BCUT2D eigenvalue weighted by Gasteiger charge is 2.33. The van der Waals surface area contributed by atoms with E-state index in [9.17, 15) is 9.18 Å². The lowest BCUT2D eigenvalue weighted by Gasteiger charge is -2.33. The Bertz CT molecular complexity index is 953. The van der Waals surface area contributed by atoms with Crippen LogP contribution in [0.2, 0.25) is 0 Å². The van der Waals surface area contributed by atoms with Gasteiger partial charge in [0.05, 0.1) is 6.04 Å². The van der Waals surface area contributed by atoms with Crippen molar-refractivity contribution in [3.8, 4) is 5.75 Å². The number of amides is 1. The molecule has 8 nitrogen and oxygen atoms in total. The number of ether oxygens (including phenoxy) is 1. The summed E-state index contributed by atoms with van der Waals surface area (Å²) in [5, 5.41) is 8.13. The predicted molar refractivity (Wildman–Crippen MR) is 95.9 cm³/mol. The third-order valence-corrected chi connectivity index (χ3v) is 4.76.